The van der Waals surface area contributed by atoms with E-state index < -0.39 is 5.41 Å². The van der Waals surface area contributed by atoms with E-state index in [1.165, 1.54) is 0 Å². The van der Waals surface area contributed by atoms with Crippen LogP contribution < -0.4 is 10.5 Å². The van der Waals surface area contributed by atoms with Crippen molar-refractivity contribution in [3.63, 3.8) is 0 Å². The number of rotatable bonds is 5. The van der Waals surface area contributed by atoms with Crippen molar-refractivity contribution in [3.05, 3.63) is 29.8 Å². The summed E-state index contributed by atoms with van der Waals surface area (Å²) in [6.07, 6.45) is 0.767. The Kier molecular flexibility index (Phi) is 4.75. The molecule has 0 spiro atoms. The van der Waals surface area contributed by atoms with E-state index in [-0.39, 0.29) is 12.0 Å². The molecule has 3 nitrogen and oxygen atoms in total. The van der Waals surface area contributed by atoms with Gasteiger partial charge in [-0.2, -0.15) is 5.26 Å². The van der Waals surface area contributed by atoms with Gasteiger partial charge in [0.05, 0.1) is 18.6 Å². The molecule has 1 aromatic rings. The standard InChI is InChI=1S/C15H22N2O/c1-5-14(17)15(10-16,11(2)3)12-7-6-8-13(9-12)18-4/h6-9,11,14H,5,17H2,1-4H3. The number of hydrogen-bond acceptors (Lipinski definition) is 3. The first-order valence-corrected chi connectivity index (χ1v) is 6.34. The molecular weight excluding hydrogens is 224 g/mol. The van der Waals surface area contributed by atoms with E-state index in [1.54, 1.807) is 7.11 Å². The van der Waals surface area contributed by atoms with Crippen LogP contribution >= 0.6 is 0 Å². The van der Waals surface area contributed by atoms with Crippen LogP contribution in [0.1, 0.15) is 32.8 Å². The van der Waals surface area contributed by atoms with Gasteiger partial charge in [-0.1, -0.05) is 32.9 Å². The Labute approximate surface area is 110 Å². The first-order valence-electron chi connectivity index (χ1n) is 6.34. The van der Waals surface area contributed by atoms with E-state index in [0.29, 0.717) is 0 Å². The van der Waals surface area contributed by atoms with E-state index in [0.717, 1.165) is 17.7 Å². The van der Waals surface area contributed by atoms with Gasteiger partial charge in [0.1, 0.15) is 5.75 Å². The topological polar surface area (TPSA) is 59.0 Å². The molecule has 0 heterocycles. The van der Waals surface area contributed by atoms with Gasteiger partial charge in [0, 0.05) is 6.04 Å². The van der Waals surface area contributed by atoms with E-state index in [4.69, 9.17) is 10.5 Å². The summed E-state index contributed by atoms with van der Waals surface area (Å²) in [6, 6.07) is 9.93. The van der Waals surface area contributed by atoms with Gasteiger partial charge in [-0.25, -0.2) is 0 Å². The van der Waals surface area contributed by atoms with Crippen molar-refractivity contribution < 1.29 is 4.74 Å². The van der Waals surface area contributed by atoms with Gasteiger partial charge in [0.2, 0.25) is 0 Å². The van der Waals surface area contributed by atoms with Crippen LogP contribution in [0.15, 0.2) is 24.3 Å². The molecule has 0 saturated carbocycles. The van der Waals surface area contributed by atoms with Gasteiger partial charge in [-0.05, 0) is 30.0 Å². The van der Waals surface area contributed by atoms with Crippen LogP contribution in [0.3, 0.4) is 0 Å². The average molecular weight is 246 g/mol. The lowest BCUT2D eigenvalue weighted by molar-refractivity contribution is 0.317. The van der Waals surface area contributed by atoms with Crippen LogP contribution in [0.25, 0.3) is 0 Å². The number of benzene rings is 1. The summed E-state index contributed by atoms with van der Waals surface area (Å²) in [5, 5.41) is 9.69. The number of methoxy groups -OCH3 is 1. The van der Waals surface area contributed by atoms with E-state index in [2.05, 4.69) is 6.07 Å². The SMILES string of the molecule is CCC(N)C(C#N)(c1cccc(OC)c1)C(C)C. The fourth-order valence-electron chi connectivity index (χ4n) is 2.45. The van der Waals surface area contributed by atoms with Crippen molar-refractivity contribution in [2.45, 2.75) is 38.6 Å². The quantitative estimate of drug-likeness (QED) is 0.869. The molecule has 0 aromatic heterocycles. The lowest BCUT2D eigenvalue weighted by Gasteiger charge is -2.36. The average Bonchev–Trinajstić information content (AvgIpc) is 2.39. The summed E-state index contributed by atoms with van der Waals surface area (Å²) in [5.74, 6) is 0.903. The number of ether oxygens (including phenoxy) is 1. The summed E-state index contributed by atoms with van der Waals surface area (Å²) in [5.41, 5.74) is 6.50. The summed E-state index contributed by atoms with van der Waals surface area (Å²) >= 11 is 0. The van der Waals surface area contributed by atoms with Crippen LogP contribution in [0.5, 0.6) is 5.75 Å². The lowest BCUT2D eigenvalue weighted by Crippen LogP contribution is -2.48. The molecule has 2 unspecified atom stereocenters. The van der Waals surface area contributed by atoms with E-state index in [1.807, 2.05) is 45.0 Å². The Balaban J connectivity index is 3.38. The highest BCUT2D eigenvalue weighted by atomic mass is 16.5. The van der Waals surface area contributed by atoms with Crippen molar-refractivity contribution in [2.75, 3.05) is 7.11 Å². The second kappa shape index (κ2) is 5.88. The molecule has 2 atom stereocenters. The summed E-state index contributed by atoms with van der Waals surface area (Å²) in [7, 11) is 1.63. The second-order valence-electron chi connectivity index (χ2n) is 4.88. The fourth-order valence-corrected chi connectivity index (χ4v) is 2.45. The zero-order valence-electron chi connectivity index (χ0n) is 11.6. The Hall–Kier alpha value is -1.53. The van der Waals surface area contributed by atoms with Crippen LogP contribution in [0.2, 0.25) is 0 Å². The maximum Gasteiger partial charge on any atom is 0.119 e. The summed E-state index contributed by atoms with van der Waals surface area (Å²) < 4.78 is 5.24. The molecule has 0 aliphatic rings. The molecule has 0 bridgehead atoms. The molecule has 1 rings (SSSR count). The largest absolute Gasteiger partial charge is 0.497 e. The van der Waals surface area contributed by atoms with Gasteiger partial charge < -0.3 is 10.5 Å². The number of hydrogen-bond donors (Lipinski definition) is 1. The van der Waals surface area contributed by atoms with Gasteiger partial charge in [0.25, 0.3) is 0 Å². The maximum atomic E-state index is 9.69. The van der Waals surface area contributed by atoms with Gasteiger partial charge in [0.15, 0.2) is 0 Å². The van der Waals surface area contributed by atoms with Crippen LogP contribution in [-0.2, 0) is 5.41 Å². The Morgan fingerprint density at radius 3 is 2.56 bits per heavy atom. The van der Waals surface area contributed by atoms with Crippen molar-refractivity contribution in [1.29, 1.82) is 5.26 Å². The van der Waals surface area contributed by atoms with Gasteiger partial charge >= 0.3 is 0 Å². The van der Waals surface area contributed by atoms with E-state index >= 15 is 0 Å². The maximum absolute atomic E-state index is 9.69. The van der Waals surface area contributed by atoms with Crippen molar-refractivity contribution in [2.24, 2.45) is 11.7 Å². The first-order chi connectivity index (χ1) is 8.52. The third kappa shape index (κ3) is 2.34. The monoisotopic (exact) mass is 246 g/mol. The molecule has 3 heteroatoms. The highest BCUT2D eigenvalue weighted by Gasteiger charge is 2.41. The van der Waals surface area contributed by atoms with Gasteiger partial charge in [-0.15, -0.1) is 0 Å². The molecule has 2 N–H and O–H groups in total. The lowest BCUT2D eigenvalue weighted by atomic mass is 9.67. The smallest absolute Gasteiger partial charge is 0.119 e. The van der Waals surface area contributed by atoms with Gasteiger partial charge in [-0.3, -0.25) is 0 Å². The molecule has 1 aromatic carbocycles. The Bertz CT molecular complexity index is 436. The molecule has 18 heavy (non-hydrogen) atoms. The van der Waals surface area contributed by atoms with Crippen LogP contribution in [0.4, 0.5) is 0 Å². The molecular formula is C15H22N2O. The number of nitriles is 1. The first kappa shape index (κ1) is 14.5. The third-order valence-corrected chi connectivity index (χ3v) is 3.67. The predicted molar refractivity (Wildman–Crippen MR) is 73.4 cm³/mol. The molecule has 0 aliphatic heterocycles. The summed E-state index contributed by atoms with van der Waals surface area (Å²) in [6.45, 7) is 6.09. The van der Waals surface area contributed by atoms with E-state index in [9.17, 15) is 5.26 Å². The molecule has 0 fully saturated rings. The molecule has 0 radical (unpaired) electrons. The molecule has 0 aliphatic carbocycles. The van der Waals surface area contributed by atoms with Crippen LogP contribution in [0, 0.1) is 17.2 Å². The zero-order valence-corrected chi connectivity index (χ0v) is 11.6. The minimum Gasteiger partial charge on any atom is -0.497 e. The van der Waals surface area contributed by atoms with Crippen molar-refractivity contribution in [1.82, 2.24) is 0 Å². The predicted octanol–water partition coefficient (Wildman–Crippen LogP) is 2.85. The minimum absolute atomic E-state index is 0.143. The Morgan fingerprint density at radius 2 is 2.11 bits per heavy atom. The molecule has 0 saturated heterocycles. The van der Waals surface area contributed by atoms with Crippen molar-refractivity contribution >= 4 is 0 Å². The van der Waals surface area contributed by atoms with Crippen molar-refractivity contribution in [3.8, 4) is 11.8 Å². The summed E-state index contributed by atoms with van der Waals surface area (Å²) in [4.78, 5) is 0. The number of nitrogens with zero attached hydrogens (tertiary/aromatic N) is 1. The highest BCUT2D eigenvalue weighted by molar-refractivity contribution is 5.40. The third-order valence-electron chi connectivity index (χ3n) is 3.67. The van der Waals surface area contributed by atoms with Crippen LogP contribution in [-0.4, -0.2) is 13.2 Å². The normalized spacial score (nSPS) is 15.8. The Morgan fingerprint density at radius 1 is 1.44 bits per heavy atom. The fraction of sp³-hybridized carbons (Fsp3) is 0.533. The second-order valence-corrected chi connectivity index (χ2v) is 4.88. The zero-order chi connectivity index (χ0) is 13.8. The molecule has 0 amide bonds. The minimum atomic E-state index is -0.663. The molecule has 98 valence electrons. The highest BCUT2D eigenvalue weighted by Crippen LogP contribution is 2.37. The number of nitrogens with two attached hydrogens (primary N) is 1.